The SMILES string of the molecule is CCCC(CC(=O)[C@@H]1C[C@@H](Oc2ccc(Cl)cn2)CN1C(=O)[C@@H](CC(=O)[C@@H](N=C(N)c1ccccc1S(=O)O)C1CCCCC1)C(C)(C)C)C(=O)C(=O)CC1CC1. The molecule has 0 spiro atoms. The van der Waals surface area contributed by atoms with E-state index in [9.17, 15) is 32.7 Å². The summed E-state index contributed by atoms with van der Waals surface area (Å²) in [6.07, 6.45) is 8.00. The van der Waals surface area contributed by atoms with Crippen LogP contribution in [0.25, 0.3) is 0 Å². The van der Waals surface area contributed by atoms with Gasteiger partial charge < -0.3 is 19.9 Å². The third kappa shape index (κ3) is 11.9. The lowest BCUT2D eigenvalue weighted by molar-refractivity contribution is -0.147. The van der Waals surface area contributed by atoms with Crippen molar-refractivity contribution in [2.75, 3.05) is 6.54 Å². The number of halogens is 1. The monoisotopic (exact) mass is 824 g/mol. The molecule has 3 N–H and O–H groups in total. The van der Waals surface area contributed by atoms with Crippen LogP contribution in [0.5, 0.6) is 5.88 Å². The van der Waals surface area contributed by atoms with Crippen molar-refractivity contribution in [1.29, 1.82) is 0 Å². The molecule has 2 unspecified atom stereocenters. The summed E-state index contributed by atoms with van der Waals surface area (Å²) in [6, 6.07) is 7.77. The average molecular weight is 825 g/mol. The molecule has 1 amide bonds. The van der Waals surface area contributed by atoms with Gasteiger partial charge >= 0.3 is 0 Å². The Morgan fingerprint density at radius 3 is 2.35 bits per heavy atom. The molecule has 2 heterocycles. The lowest BCUT2D eigenvalue weighted by atomic mass is 9.74. The molecule has 12 nitrogen and oxygen atoms in total. The molecule has 57 heavy (non-hydrogen) atoms. The van der Waals surface area contributed by atoms with Crippen molar-refractivity contribution < 1.29 is 37.5 Å². The number of pyridine rings is 1. The van der Waals surface area contributed by atoms with Gasteiger partial charge in [0.2, 0.25) is 17.6 Å². The second-order valence-electron chi connectivity index (χ2n) is 17.1. The molecule has 5 rings (SSSR count). The Balaban J connectivity index is 1.44. The Kier molecular flexibility index (Phi) is 15.4. The van der Waals surface area contributed by atoms with Crippen molar-refractivity contribution in [3.05, 3.63) is 53.2 Å². The second-order valence-corrected chi connectivity index (χ2v) is 18.5. The maximum absolute atomic E-state index is 14.9. The number of nitrogens with zero attached hydrogens (tertiary/aromatic N) is 3. The van der Waals surface area contributed by atoms with Gasteiger partial charge in [-0.05, 0) is 67.6 Å². The molecule has 6 atom stereocenters. The number of nitrogens with two attached hydrogens (primary N) is 1. The minimum absolute atomic E-state index is 0.0247. The van der Waals surface area contributed by atoms with Crippen LogP contribution in [0.15, 0.2) is 52.5 Å². The fourth-order valence-corrected chi connectivity index (χ4v) is 8.89. The van der Waals surface area contributed by atoms with E-state index in [1.807, 2.05) is 27.7 Å². The molecule has 0 bridgehead atoms. The lowest BCUT2D eigenvalue weighted by Crippen LogP contribution is -2.48. The van der Waals surface area contributed by atoms with E-state index in [1.165, 1.54) is 17.2 Å². The van der Waals surface area contributed by atoms with Gasteiger partial charge in [-0.25, -0.2) is 9.19 Å². The Labute approximate surface area is 343 Å². The van der Waals surface area contributed by atoms with Crippen LogP contribution in [-0.4, -0.2) is 78.3 Å². The van der Waals surface area contributed by atoms with Gasteiger partial charge in [-0.2, -0.15) is 0 Å². The largest absolute Gasteiger partial charge is 0.472 e. The van der Waals surface area contributed by atoms with Crippen LogP contribution in [0, 0.1) is 29.1 Å². The summed E-state index contributed by atoms with van der Waals surface area (Å²) in [7, 11) is 0. The van der Waals surface area contributed by atoms with E-state index >= 15 is 0 Å². The number of likely N-dealkylation sites (tertiary alicyclic amines) is 1. The first-order chi connectivity index (χ1) is 27.1. The van der Waals surface area contributed by atoms with Crippen LogP contribution >= 0.6 is 11.6 Å². The van der Waals surface area contributed by atoms with Gasteiger partial charge in [-0.15, -0.1) is 0 Å². The maximum atomic E-state index is 14.9. The number of hydrogen-bond donors (Lipinski definition) is 2. The zero-order valence-corrected chi connectivity index (χ0v) is 35.1. The highest BCUT2D eigenvalue weighted by Gasteiger charge is 2.47. The molecule has 1 aromatic carbocycles. The number of amidine groups is 1. The molecule has 2 aromatic rings. The molecular weight excluding hydrogens is 768 g/mol. The zero-order chi connectivity index (χ0) is 41.4. The fraction of sp³-hybridized carbons (Fsp3) is 0.605. The molecule has 14 heteroatoms. The Morgan fingerprint density at radius 2 is 1.74 bits per heavy atom. The average Bonchev–Trinajstić information content (AvgIpc) is 3.90. The van der Waals surface area contributed by atoms with Crippen molar-refractivity contribution in [3.8, 4) is 5.88 Å². The molecule has 0 radical (unpaired) electrons. The van der Waals surface area contributed by atoms with E-state index in [-0.39, 0.29) is 77.8 Å². The highest BCUT2D eigenvalue weighted by atomic mass is 35.5. The minimum Gasteiger partial charge on any atom is -0.472 e. The van der Waals surface area contributed by atoms with E-state index in [4.69, 9.17) is 27.1 Å². The number of benzene rings is 1. The molecule has 1 saturated heterocycles. The van der Waals surface area contributed by atoms with Crippen molar-refractivity contribution in [1.82, 2.24) is 9.88 Å². The van der Waals surface area contributed by atoms with Crippen molar-refractivity contribution in [2.24, 2.45) is 39.8 Å². The third-order valence-electron chi connectivity index (χ3n) is 11.6. The van der Waals surface area contributed by atoms with E-state index < -0.39 is 64.0 Å². The molecule has 1 aliphatic heterocycles. The van der Waals surface area contributed by atoms with Crippen LogP contribution in [0.1, 0.15) is 117 Å². The highest BCUT2D eigenvalue weighted by molar-refractivity contribution is 7.79. The summed E-state index contributed by atoms with van der Waals surface area (Å²) < 4.78 is 28.2. The van der Waals surface area contributed by atoms with E-state index in [0.717, 1.165) is 44.9 Å². The quantitative estimate of drug-likeness (QED) is 0.0650. The number of rotatable bonds is 19. The summed E-state index contributed by atoms with van der Waals surface area (Å²) >= 11 is 3.71. The van der Waals surface area contributed by atoms with E-state index in [2.05, 4.69) is 4.98 Å². The fourth-order valence-electron chi connectivity index (χ4n) is 8.23. The van der Waals surface area contributed by atoms with Gasteiger partial charge in [0, 0.05) is 55.3 Å². The number of aromatic nitrogens is 1. The van der Waals surface area contributed by atoms with Crippen LogP contribution in [-0.2, 0) is 35.1 Å². The predicted octanol–water partition coefficient (Wildman–Crippen LogP) is 6.95. The number of ether oxygens (including phenoxy) is 1. The van der Waals surface area contributed by atoms with Gasteiger partial charge in [0.25, 0.3) is 0 Å². The first-order valence-electron chi connectivity index (χ1n) is 20.3. The Morgan fingerprint density at radius 1 is 1.04 bits per heavy atom. The first kappa shape index (κ1) is 44.3. The summed E-state index contributed by atoms with van der Waals surface area (Å²) in [5.74, 6) is -3.26. The third-order valence-corrected chi connectivity index (χ3v) is 12.6. The van der Waals surface area contributed by atoms with Crippen LogP contribution in [0.2, 0.25) is 5.02 Å². The normalized spacial score (nSPS) is 21.4. The number of Topliss-reactive ketones (excluding diaryl/α,β-unsaturated/α-hetero) is 4. The standard InChI is InChI=1S/C43H57ClN4O8S/c1-5-11-28(40(52)36(51)20-26-16-17-26)21-34(49)33-22-30(56-38-19-18-29(44)24-46-38)25-48(33)42(53)32(43(2,3)4)23-35(50)39(27-12-7-6-8-13-27)47-41(45)31-14-9-10-15-37(31)57(54)55/h9-10,14-15,18-19,24,26-28,30,32-33,39H,5-8,11-13,16-17,20-23,25H2,1-4H3,(H2,45,47)(H,54,55)/t28?,30-,32-,33+,39+/m1/s1. The number of hydrogen-bond acceptors (Lipinski definition) is 9. The number of carbonyl (C=O) groups is 5. The van der Waals surface area contributed by atoms with Crippen molar-refractivity contribution >= 4 is 57.6 Å². The van der Waals surface area contributed by atoms with Gasteiger partial charge in [0.1, 0.15) is 18.0 Å². The van der Waals surface area contributed by atoms with Crippen LogP contribution in [0.3, 0.4) is 0 Å². The summed E-state index contributed by atoms with van der Waals surface area (Å²) in [5.41, 5.74) is 6.02. The topological polar surface area (TPSA) is 186 Å². The molecular formula is C43H57ClN4O8S. The van der Waals surface area contributed by atoms with Crippen molar-refractivity contribution in [3.63, 3.8) is 0 Å². The number of aliphatic imine (C=N–C) groups is 1. The highest BCUT2D eigenvalue weighted by Crippen LogP contribution is 2.38. The lowest BCUT2D eigenvalue weighted by Gasteiger charge is -2.36. The second kappa shape index (κ2) is 19.8. The Hall–Kier alpha value is -3.81. The predicted molar refractivity (Wildman–Crippen MR) is 218 cm³/mol. The molecule has 2 saturated carbocycles. The molecule has 310 valence electrons. The smallest absolute Gasteiger partial charge is 0.227 e. The number of amides is 1. The zero-order valence-electron chi connectivity index (χ0n) is 33.5. The first-order valence-corrected chi connectivity index (χ1v) is 21.8. The molecule has 2 aliphatic carbocycles. The minimum atomic E-state index is -2.33. The summed E-state index contributed by atoms with van der Waals surface area (Å²) in [4.78, 5) is 80.6. The van der Waals surface area contributed by atoms with Gasteiger partial charge in [0.05, 0.1) is 22.5 Å². The van der Waals surface area contributed by atoms with Gasteiger partial charge in [-0.1, -0.05) is 77.1 Å². The van der Waals surface area contributed by atoms with Crippen LogP contribution in [0.4, 0.5) is 0 Å². The van der Waals surface area contributed by atoms with E-state index in [1.54, 1.807) is 30.3 Å². The summed E-state index contributed by atoms with van der Waals surface area (Å²) in [6.45, 7) is 7.58. The number of carbonyl (C=O) groups excluding carboxylic acids is 5. The number of ketones is 4. The van der Waals surface area contributed by atoms with Gasteiger partial charge in [0.15, 0.2) is 28.4 Å². The van der Waals surface area contributed by atoms with Gasteiger partial charge in [-0.3, -0.25) is 29.0 Å². The molecule has 3 aliphatic rings. The van der Waals surface area contributed by atoms with Crippen LogP contribution < -0.4 is 10.5 Å². The Bertz CT molecular complexity index is 1840. The molecule has 1 aromatic heterocycles. The molecule has 3 fully saturated rings. The van der Waals surface area contributed by atoms with Crippen molar-refractivity contribution in [2.45, 2.75) is 134 Å². The van der Waals surface area contributed by atoms with E-state index in [0.29, 0.717) is 17.9 Å². The summed E-state index contributed by atoms with van der Waals surface area (Å²) in [5, 5.41) is 0.421. The maximum Gasteiger partial charge on any atom is 0.227 e.